The summed E-state index contributed by atoms with van der Waals surface area (Å²) in [6.45, 7) is 3.96. The van der Waals surface area contributed by atoms with Crippen molar-refractivity contribution in [3.63, 3.8) is 0 Å². The molecule has 98 valence electrons. The van der Waals surface area contributed by atoms with Crippen LogP contribution in [-0.4, -0.2) is 18.8 Å². The Morgan fingerprint density at radius 2 is 1.72 bits per heavy atom. The highest BCUT2D eigenvalue weighted by atomic mass is 14.7. The lowest BCUT2D eigenvalue weighted by atomic mass is 9.82. The van der Waals surface area contributed by atoms with Crippen LogP contribution in [0.3, 0.4) is 0 Å². The first-order chi connectivity index (χ1) is 8.79. The topological polar surface area (TPSA) is 38.4 Å². The molecular weight excluding hydrogens is 220 g/mol. The van der Waals surface area contributed by atoms with E-state index in [1.807, 2.05) is 6.07 Å². The lowest BCUT2D eigenvalue weighted by molar-refractivity contribution is 0.285. The fourth-order valence-corrected chi connectivity index (χ4v) is 2.69. The molecule has 1 fully saturated rings. The standard InChI is InChI=1S/C16H24N2/c1-13(16-5-3-2-4-6-16)18-12-15-9-7-14(11-17)8-10-15/h2-6,14-15H,7-12,17H2,1H3. The Morgan fingerprint density at radius 3 is 2.33 bits per heavy atom. The second-order valence-corrected chi connectivity index (χ2v) is 5.41. The normalized spacial score (nSPS) is 25.1. The van der Waals surface area contributed by atoms with Gasteiger partial charge < -0.3 is 5.73 Å². The Morgan fingerprint density at radius 1 is 1.11 bits per heavy atom. The second kappa shape index (κ2) is 6.69. The molecule has 0 amide bonds. The number of nitrogens with two attached hydrogens (primary N) is 1. The van der Waals surface area contributed by atoms with Crippen LogP contribution >= 0.6 is 0 Å². The van der Waals surface area contributed by atoms with E-state index in [9.17, 15) is 0 Å². The van der Waals surface area contributed by atoms with Crippen LogP contribution in [0, 0.1) is 11.8 Å². The van der Waals surface area contributed by atoms with E-state index in [1.165, 1.54) is 31.2 Å². The zero-order valence-electron chi connectivity index (χ0n) is 11.3. The van der Waals surface area contributed by atoms with Gasteiger partial charge in [0, 0.05) is 12.3 Å². The molecule has 1 aliphatic carbocycles. The molecule has 0 atom stereocenters. The zero-order valence-corrected chi connectivity index (χ0v) is 11.3. The number of benzene rings is 1. The van der Waals surface area contributed by atoms with Crippen molar-refractivity contribution in [2.75, 3.05) is 13.1 Å². The van der Waals surface area contributed by atoms with E-state index in [1.54, 1.807) is 0 Å². The maximum atomic E-state index is 5.72. The van der Waals surface area contributed by atoms with Gasteiger partial charge in [0.05, 0.1) is 0 Å². The van der Waals surface area contributed by atoms with E-state index >= 15 is 0 Å². The van der Waals surface area contributed by atoms with Gasteiger partial charge in [-0.25, -0.2) is 0 Å². The Kier molecular flexibility index (Phi) is 4.94. The van der Waals surface area contributed by atoms with E-state index in [0.29, 0.717) is 0 Å². The molecule has 1 aliphatic rings. The van der Waals surface area contributed by atoms with Gasteiger partial charge in [0.15, 0.2) is 0 Å². The molecule has 1 saturated carbocycles. The molecule has 2 heteroatoms. The minimum atomic E-state index is 0.764. The zero-order chi connectivity index (χ0) is 12.8. The highest BCUT2D eigenvalue weighted by Gasteiger charge is 2.19. The van der Waals surface area contributed by atoms with Crippen molar-refractivity contribution in [1.29, 1.82) is 0 Å². The molecule has 0 radical (unpaired) electrons. The second-order valence-electron chi connectivity index (χ2n) is 5.41. The van der Waals surface area contributed by atoms with Gasteiger partial charge >= 0.3 is 0 Å². The monoisotopic (exact) mass is 244 g/mol. The maximum absolute atomic E-state index is 5.72. The summed E-state index contributed by atoms with van der Waals surface area (Å²) < 4.78 is 0. The summed E-state index contributed by atoms with van der Waals surface area (Å²) >= 11 is 0. The molecule has 2 N–H and O–H groups in total. The number of nitrogens with zero attached hydrogens (tertiary/aromatic N) is 1. The van der Waals surface area contributed by atoms with Crippen molar-refractivity contribution in [1.82, 2.24) is 0 Å². The molecule has 1 aromatic carbocycles. The van der Waals surface area contributed by atoms with Crippen LogP contribution in [0.5, 0.6) is 0 Å². The lowest BCUT2D eigenvalue weighted by Crippen LogP contribution is -2.22. The van der Waals surface area contributed by atoms with E-state index in [2.05, 4.69) is 31.2 Å². The predicted molar refractivity (Wildman–Crippen MR) is 78.0 cm³/mol. The molecule has 0 spiro atoms. The van der Waals surface area contributed by atoms with Gasteiger partial charge in [0.2, 0.25) is 0 Å². The third kappa shape index (κ3) is 3.67. The van der Waals surface area contributed by atoms with Crippen LogP contribution in [0.4, 0.5) is 0 Å². The molecule has 2 rings (SSSR count). The Labute approximate surface area is 110 Å². The first-order valence-electron chi connectivity index (χ1n) is 7.06. The van der Waals surface area contributed by atoms with Crippen LogP contribution in [0.25, 0.3) is 0 Å². The van der Waals surface area contributed by atoms with Gasteiger partial charge in [-0.2, -0.15) is 0 Å². The molecule has 18 heavy (non-hydrogen) atoms. The summed E-state index contributed by atoms with van der Waals surface area (Å²) in [5.74, 6) is 1.53. The summed E-state index contributed by atoms with van der Waals surface area (Å²) in [6, 6.07) is 10.4. The third-order valence-corrected chi connectivity index (χ3v) is 4.08. The third-order valence-electron chi connectivity index (χ3n) is 4.08. The summed E-state index contributed by atoms with van der Waals surface area (Å²) in [5, 5.41) is 0. The highest BCUT2D eigenvalue weighted by Crippen LogP contribution is 2.28. The molecule has 0 heterocycles. The maximum Gasteiger partial charge on any atom is 0.0420 e. The number of aliphatic imine (C=N–C) groups is 1. The fourth-order valence-electron chi connectivity index (χ4n) is 2.69. The first kappa shape index (κ1) is 13.3. The molecular formula is C16H24N2. The van der Waals surface area contributed by atoms with Crippen LogP contribution in [-0.2, 0) is 0 Å². The lowest BCUT2D eigenvalue weighted by Gasteiger charge is -2.26. The van der Waals surface area contributed by atoms with Crippen LogP contribution in [0.1, 0.15) is 38.2 Å². The van der Waals surface area contributed by atoms with Crippen molar-refractivity contribution in [2.24, 2.45) is 22.6 Å². The van der Waals surface area contributed by atoms with Gasteiger partial charge in [-0.3, -0.25) is 4.99 Å². The van der Waals surface area contributed by atoms with E-state index in [-0.39, 0.29) is 0 Å². The molecule has 2 nitrogen and oxygen atoms in total. The van der Waals surface area contributed by atoms with Gasteiger partial charge in [0.1, 0.15) is 0 Å². The molecule has 0 aromatic heterocycles. The largest absolute Gasteiger partial charge is 0.330 e. The Bertz CT molecular complexity index is 375. The molecule has 0 saturated heterocycles. The summed E-state index contributed by atoms with van der Waals surface area (Å²) in [6.07, 6.45) is 5.18. The predicted octanol–water partition coefficient (Wildman–Crippen LogP) is 3.26. The van der Waals surface area contributed by atoms with Crippen LogP contribution in [0.2, 0.25) is 0 Å². The van der Waals surface area contributed by atoms with Crippen molar-refractivity contribution >= 4 is 5.71 Å². The van der Waals surface area contributed by atoms with Gasteiger partial charge in [0.25, 0.3) is 0 Å². The van der Waals surface area contributed by atoms with Gasteiger partial charge in [-0.05, 0) is 56.6 Å². The minimum absolute atomic E-state index is 0.764. The number of hydrogen-bond donors (Lipinski definition) is 1. The minimum Gasteiger partial charge on any atom is -0.330 e. The smallest absolute Gasteiger partial charge is 0.0420 e. The van der Waals surface area contributed by atoms with E-state index in [4.69, 9.17) is 10.7 Å². The van der Waals surface area contributed by atoms with Crippen LogP contribution in [0.15, 0.2) is 35.3 Å². The van der Waals surface area contributed by atoms with Crippen molar-refractivity contribution in [3.05, 3.63) is 35.9 Å². The Hall–Kier alpha value is -1.15. The van der Waals surface area contributed by atoms with Crippen LogP contribution < -0.4 is 5.73 Å². The Balaban J connectivity index is 1.84. The first-order valence-corrected chi connectivity index (χ1v) is 7.06. The fraction of sp³-hybridized carbons (Fsp3) is 0.562. The van der Waals surface area contributed by atoms with Gasteiger partial charge in [-0.15, -0.1) is 0 Å². The summed E-state index contributed by atoms with van der Waals surface area (Å²) in [4.78, 5) is 4.75. The van der Waals surface area contributed by atoms with Gasteiger partial charge in [-0.1, -0.05) is 30.3 Å². The van der Waals surface area contributed by atoms with Crippen molar-refractivity contribution < 1.29 is 0 Å². The number of hydrogen-bond acceptors (Lipinski definition) is 2. The van der Waals surface area contributed by atoms with Crippen molar-refractivity contribution in [3.8, 4) is 0 Å². The molecule has 0 unspecified atom stereocenters. The summed E-state index contributed by atoms with van der Waals surface area (Å²) in [7, 11) is 0. The average Bonchev–Trinajstić information content (AvgIpc) is 2.46. The molecule has 0 aliphatic heterocycles. The van der Waals surface area contributed by atoms with Crippen molar-refractivity contribution in [2.45, 2.75) is 32.6 Å². The SMILES string of the molecule is CC(=NCC1CCC(CN)CC1)c1ccccc1. The molecule has 0 bridgehead atoms. The quantitative estimate of drug-likeness (QED) is 0.811. The van der Waals surface area contributed by atoms with E-state index in [0.717, 1.165) is 30.6 Å². The molecule has 1 aromatic rings. The highest BCUT2D eigenvalue weighted by molar-refractivity contribution is 5.98. The van der Waals surface area contributed by atoms with E-state index < -0.39 is 0 Å². The average molecular weight is 244 g/mol. The summed E-state index contributed by atoms with van der Waals surface area (Å²) in [5.41, 5.74) is 8.13. The number of rotatable bonds is 4.